The molecule has 0 bridgehead atoms. The molecular weight excluding hydrogens is 350 g/mol. The first-order valence-corrected chi connectivity index (χ1v) is 7.68. The molecule has 5 nitrogen and oxygen atoms in total. The molecule has 22 heavy (non-hydrogen) atoms. The molecule has 1 N–H and O–H groups in total. The Balaban J connectivity index is 3.05. The Labute approximate surface area is 138 Å². The van der Waals surface area contributed by atoms with Gasteiger partial charge in [0.1, 0.15) is 11.6 Å². The Bertz CT molecular complexity index is 605. The Morgan fingerprint density at radius 3 is 2.73 bits per heavy atom. The van der Waals surface area contributed by atoms with E-state index < -0.39 is 5.97 Å². The van der Waals surface area contributed by atoms with Gasteiger partial charge in [0.15, 0.2) is 11.5 Å². The van der Waals surface area contributed by atoms with Crippen molar-refractivity contribution >= 4 is 28.0 Å². The third kappa shape index (κ3) is 5.08. The monoisotopic (exact) mass is 367 g/mol. The lowest BCUT2D eigenvalue weighted by Crippen LogP contribution is -2.01. The number of nitriles is 1. The first kappa shape index (κ1) is 18.1. The van der Waals surface area contributed by atoms with Crippen LogP contribution in [-0.2, 0) is 4.79 Å². The number of benzene rings is 1. The highest BCUT2D eigenvalue weighted by molar-refractivity contribution is 9.10. The van der Waals surface area contributed by atoms with Crippen LogP contribution < -0.4 is 9.47 Å². The fourth-order valence-corrected chi connectivity index (χ4v) is 2.37. The number of carboxylic acid groups (broad SMARTS) is 1. The molecule has 1 aromatic carbocycles. The zero-order valence-corrected chi connectivity index (χ0v) is 14.1. The fourth-order valence-electron chi connectivity index (χ4n) is 1.80. The minimum atomic E-state index is -1.27. The SMILES string of the molecule is CCCCCOc1c(Br)cc(C=C(C#N)C(=O)O)cc1OC. The minimum Gasteiger partial charge on any atom is -0.493 e. The molecule has 1 rings (SSSR count). The standard InChI is InChI=1S/C16H18BrNO4/c1-3-4-5-6-22-15-13(17)8-11(9-14(15)21-2)7-12(10-18)16(19)20/h7-9H,3-6H2,1-2H3,(H,19,20). The highest BCUT2D eigenvalue weighted by Crippen LogP contribution is 2.37. The minimum absolute atomic E-state index is 0.342. The summed E-state index contributed by atoms with van der Waals surface area (Å²) in [4.78, 5) is 10.9. The normalized spacial score (nSPS) is 10.9. The number of carbonyl (C=O) groups is 1. The molecule has 0 fully saturated rings. The second-order valence-electron chi connectivity index (χ2n) is 4.56. The molecule has 0 radical (unpaired) electrons. The van der Waals surface area contributed by atoms with Crippen molar-refractivity contribution < 1.29 is 19.4 Å². The summed E-state index contributed by atoms with van der Waals surface area (Å²) in [6, 6.07) is 4.98. The van der Waals surface area contributed by atoms with Gasteiger partial charge in [0.25, 0.3) is 0 Å². The first-order valence-electron chi connectivity index (χ1n) is 6.88. The van der Waals surface area contributed by atoms with Crippen LogP contribution in [0, 0.1) is 11.3 Å². The molecule has 0 aliphatic carbocycles. The van der Waals surface area contributed by atoms with Crippen molar-refractivity contribution in [3.05, 3.63) is 27.7 Å². The maximum Gasteiger partial charge on any atom is 0.346 e. The van der Waals surface area contributed by atoms with Gasteiger partial charge in [-0.3, -0.25) is 0 Å². The van der Waals surface area contributed by atoms with E-state index in [-0.39, 0.29) is 5.57 Å². The molecule has 0 aliphatic rings. The van der Waals surface area contributed by atoms with Crippen LogP contribution in [-0.4, -0.2) is 24.8 Å². The van der Waals surface area contributed by atoms with Gasteiger partial charge in [0, 0.05) is 0 Å². The maximum absolute atomic E-state index is 10.9. The van der Waals surface area contributed by atoms with Crippen LogP contribution in [0.1, 0.15) is 31.7 Å². The number of ether oxygens (including phenoxy) is 2. The number of nitrogens with zero attached hydrogens (tertiary/aromatic N) is 1. The Morgan fingerprint density at radius 1 is 1.45 bits per heavy atom. The smallest absolute Gasteiger partial charge is 0.346 e. The van der Waals surface area contributed by atoms with Gasteiger partial charge in [-0.15, -0.1) is 0 Å². The summed E-state index contributed by atoms with van der Waals surface area (Å²) in [6.07, 6.45) is 4.43. The highest BCUT2D eigenvalue weighted by Gasteiger charge is 2.13. The summed E-state index contributed by atoms with van der Waals surface area (Å²) >= 11 is 3.39. The van der Waals surface area contributed by atoms with E-state index in [0.29, 0.717) is 28.1 Å². The van der Waals surface area contributed by atoms with E-state index in [4.69, 9.17) is 19.8 Å². The molecule has 0 heterocycles. The van der Waals surface area contributed by atoms with Gasteiger partial charge in [0.05, 0.1) is 18.2 Å². The van der Waals surface area contributed by atoms with Crippen LogP contribution >= 0.6 is 15.9 Å². The predicted molar refractivity (Wildman–Crippen MR) is 86.9 cm³/mol. The Morgan fingerprint density at radius 2 is 2.18 bits per heavy atom. The van der Waals surface area contributed by atoms with Crippen molar-refractivity contribution in [2.24, 2.45) is 0 Å². The Hall–Kier alpha value is -2.00. The van der Waals surface area contributed by atoms with Gasteiger partial charge in [-0.05, 0) is 46.1 Å². The average Bonchev–Trinajstić information content (AvgIpc) is 2.49. The molecule has 0 spiro atoms. The molecule has 0 atom stereocenters. The van der Waals surface area contributed by atoms with Crippen molar-refractivity contribution in [3.8, 4) is 17.6 Å². The summed E-state index contributed by atoms with van der Waals surface area (Å²) in [5, 5.41) is 17.7. The van der Waals surface area contributed by atoms with Gasteiger partial charge in [-0.25, -0.2) is 4.79 Å². The summed E-state index contributed by atoms with van der Waals surface area (Å²) in [6.45, 7) is 2.70. The van der Waals surface area contributed by atoms with Gasteiger partial charge in [0.2, 0.25) is 0 Å². The van der Waals surface area contributed by atoms with Gasteiger partial charge in [-0.2, -0.15) is 5.26 Å². The topological polar surface area (TPSA) is 79.5 Å². The van der Waals surface area contributed by atoms with E-state index in [2.05, 4.69) is 22.9 Å². The van der Waals surface area contributed by atoms with Crippen molar-refractivity contribution in [1.82, 2.24) is 0 Å². The van der Waals surface area contributed by atoms with Crippen molar-refractivity contribution in [2.45, 2.75) is 26.2 Å². The second kappa shape index (κ2) is 9.11. The van der Waals surface area contributed by atoms with E-state index >= 15 is 0 Å². The lowest BCUT2D eigenvalue weighted by atomic mass is 10.1. The molecule has 0 unspecified atom stereocenters. The van der Waals surface area contributed by atoms with Crippen molar-refractivity contribution in [1.29, 1.82) is 5.26 Å². The number of unbranched alkanes of at least 4 members (excludes halogenated alkanes) is 2. The van der Waals surface area contributed by atoms with Crippen molar-refractivity contribution in [3.63, 3.8) is 0 Å². The number of methoxy groups -OCH3 is 1. The van der Waals surface area contributed by atoms with E-state index in [9.17, 15) is 4.79 Å². The number of rotatable bonds is 8. The second-order valence-corrected chi connectivity index (χ2v) is 5.42. The number of hydrogen-bond donors (Lipinski definition) is 1. The third-order valence-corrected chi connectivity index (χ3v) is 3.50. The van der Waals surface area contributed by atoms with Gasteiger partial charge in [-0.1, -0.05) is 19.8 Å². The summed E-state index contributed by atoms with van der Waals surface area (Å²) in [5.74, 6) is -0.207. The summed E-state index contributed by atoms with van der Waals surface area (Å²) < 4.78 is 11.7. The van der Waals surface area contributed by atoms with E-state index in [1.54, 1.807) is 18.2 Å². The number of hydrogen-bond acceptors (Lipinski definition) is 4. The molecule has 0 amide bonds. The number of halogens is 1. The van der Waals surface area contributed by atoms with Crippen molar-refractivity contribution in [2.75, 3.05) is 13.7 Å². The summed E-state index contributed by atoms with van der Waals surface area (Å²) in [5.41, 5.74) is 0.203. The molecule has 118 valence electrons. The van der Waals surface area contributed by atoms with E-state index in [0.717, 1.165) is 19.3 Å². The van der Waals surface area contributed by atoms with Gasteiger partial charge < -0.3 is 14.6 Å². The zero-order valence-electron chi connectivity index (χ0n) is 12.6. The molecule has 0 saturated heterocycles. The first-order chi connectivity index (χ1) is 10.5. The highest BCUT2D eigenvalue weighted by atomic mass is 79.9. The largest absolute Gasteiger partial charge is 0.493 e. The lowest BCUT2D eigenvalue weighted by molar-refractivity contribution is -0.132. The quantitative estimate of drug-likeness (QED) is 0.426. The number of carboxylic acids is 1. The van der Waals surface area contributed by atoms with Crippen LogP contribution in [0.4, 0.5) is 0 Å². The van der Waals surface area contributed by atoms with E-state index in [1.807, 2.05) is 0 Å². The molecule has 1 aromatic rings. The van der Waals surface area contributed by atoms with Crippen LogP contribution in [0.5, 0.6) is 11.5 Å². The van der Waals surface area contributed by atoms with Crippen LogP contribution in [0.2, 0.25) is 0 Å². The third-order valence-electron chi connectivity index (χ3n) is 2.91. The predicted octanol–water partition coefficient (Wildman–Crippen LogP) is 4.02. The molecule has 0 saturated carbocycles. The van der Waals surface area contributed by atoms with Crippen LogP contribution in [0.25, 0.3) is 6.08 Å². The molecule has 6 heteroatoms. The average molecular weight is 368 g/mol. The summed E-state index contributed by atoms with van der Waals surface area (Å²) in [7, 11) is 1.51. The molecule has 0 aliphatic heterocycles. The zero-order chi connectivity index (χ0) is 16.5. The number of aliphatic carboxylic acids is 1. The van der Waals surface area contributed by atoms with Crippen LogP contribution in [0.15, 0.2) is 22.2 Å². The lowest BCUT2D eigenvalue weighted by Gasteiger charge is -2.13. The molecular formula is C16H18BrNO4. The fraction of sp³-hybridized carbons (Fsp3) is 0.375. The molecule has 0 aromatic heterocycles. The van der Waals surface area contributed by atoms with Crippen LogP contribution in [0.3, 0.4) is 0 Å². The van der Waals surface area contributed by atoms with E-state index in [1.165, 1.54) is 13.2 Å². The van der Waals surface area contributed by atoms with Gasteiger partial charge >= 0.3 is 5.97 Å². The maximum atomic E-state index is 10.9. The Kier molecular flexibility index (Phi) is 7.47.